The predicted octanol–water partition coefficient (Wildman–Crippen LogP) is 0.454. The summed E-state index contributed by atoms with van der Waals surface area (Å²) in [5.74, 6) is 0.0806. The molecule has 0 radical (unpaired) electrons. The van der Waals surface area contributed by atoms with Crippen LogP contribution in [0.1, 0.15) is 33.6 Å². The van der Waals surface area contributed by atoms with Crippen molar-refractivity contribution in [2.24, 2.45) is 0 Å². The fraction of sp³-hybridized carbons (Fsp3) is 0.846. The summed E-state index contributed by atoms with van der Waals surface area (Å²) >= 11 is 0. The highest BCUT2D eigenvalue weighted by Crippen LogP contribution is 2.18. The van der Waals surface area contributed by atoms with E-state index in [1.54, 1.807) is 19.0 Å². The molecule has 0 bridgehead atoms. The van der Waals surface area contributed by atoms with Crippen LogP contribution in [0.2, 0.25) is 0 Å². The first-order chi connectivity index (χ1) is 8.20. The van der Waals surface area contributed by atoms with E-state index in [9.17, 15) is 9.59 Å². The molecule has 0 saturated carbocycles. The molecule has 104 valence electrons. The number of nitrogens with one attached hydrogen (secondary N) is 1. The van der Waals surface area contributed by atoms with Gasteiger partial charge >= 0.3 is 0 Å². The Morgan fingerprint density at radius 1 is 1.33 bits per heavy atom. The Bertz CT molecular complexity index is 321. The van der Waals surface area contributed by atoms with Crippen molar-refractivity contribution in [2.75, 3.05) is 27.2 Å². The van der Waals surface area contributed by atoms with Gasteiger partial charge in [0, 0.05) is 19.6 Å². The molecule has 0 aliphatic carbocycles. The van der Waals surface area contributed by atoms with E-state index >= 15 is 0 Å². The summed E-state index contributed by atoms with van der Waals surface area (Å²) < 4.78 is 0. The van der Waals surface area contributed by atoms with Gasteiger partial charge in [0.25, 0.3) is 0 Å². The number of carbonyl (C=O) groups excluding carboxylic acids is 2. The van der Waals surface area contributed by atoms with E-state index < -0.39 is 0 Å². The third-order valence-electron chi connectivity index (χ3n) is 2.95. The van der Waals surface area contributed by atoms with E-state index in [0.717, 1.165) is 19.4 Å². The third kappa shape index (κ3) is 4.29. The second kappa shape index (κ2) is 5.69. The molecule has 1 rings (SSSR count). The topological polar surface area (TPSA) is 52.7 Å². The quantitative estimate of drug-likeness (QED) is 0.797. The summed E-state index contributed by atoms with van der Waals surface area (Å²) in [6.07, 6.45) is 1.83. The number of nitrogens with zero attached hydrogens (tertiary/aromatic N) is 2. The van der Waals surface area contributed by atoms with Crippen LogP contribution in [0, 0.1) is 0 Å². The Hall–Kier alpha value is -1.10. The zero-order valence-corrected chi connectivity index (χ0v) is 12.1. The summed E-state index contributed by atoms with van der Waals surface area (Å²) in [4.78, 5) is 27.4. The summed E-state index contributed by atoms with van der Waals surface area (Å²) in [5, 5.41) is 2.93. The van der Waals surface area contributed by atoms with Crippen molar-refractivity contribution >= 4 is 11.8 Å². The minimum Gasteiger partial charge on any atom is -0.350 e. The van der Waals surface area contributed by atoms with Gasteiger partial charge in [0.2, 0.25) is 11.8 Å². The highest BCUT2D eigenvalue weighted by molar-refractivity contribution is 5.84. The molecular weight excluding hydrogens is 230 g/mol. The van der Waals surface area contributed by atoms with Crippen molar-refractivity contribution in [2.45, 2.75) is 45.2 Å². The average molecular weight is 255 g/mol. The van der Waals surface area contributed by atoms with Crippen molar-refractivity contribution in [3.05, 3.63) is 0 Å². The Balaban J connectivity index is 2.55. The molecule has 1 atom stereocenters. The van der Waals surface area contributed by atoms with Crippen molar-refractivity contribution < 1.29 is 9.59 Å². The summed E-state index contributed by atoms with van der Waals surface area (Å²) in [7, 11) is 3.52. The molecule has 1 saturated heterocycles. The lowest BCUT2D eigenvalue weighted by Crippen LogP contribution is -2.49. The Labute approximate surface area is 110 Å². The fourth-order valence-corrected chi connectivity index (χ4v) is 2.24. The van der Waals surface area contributed by atoms with Gasteiger partial charge < -0.3 is 10.2 Å². The maximum atomic E-state index is 12.0. The lowest BCUT2D eigenvalue weighted by Gasteiger charge is -2.27. The molecule has 1 unspecified atom stereocenters. The van der Waals surface area contributed by atoms with Crippen LogP contribution < -0.4 is 5.32 Å². The number of likely N-dealkylation sites (N-methyl/N-ethyl adjacent to an activating group) is 1. The molecule has 5 nitrogen and oxygen atoms in total. The second-order valence-corrected chi connectivity index (χ2v) is 6.16. The SMILES string of the molecule is CN(C)C(=O)C1CCCN1CC(=O)NC(C)(C)C. The van der Waals surface area contributed by atoms with Gasteiger partial charge in [-0.1, -0.05) is 0 Å². The number of rotatable bonds is 3. The van der Waals surface area contributed by atoms with Crippen LogP contribution in [0.3, 0.4) is 0 Å². The van der Waals surface area contributed by atoms with Crippen molar-refractivity contribution in [1.82, 2.24) is 15.1 Å². The van der Waals surface area contributed by atoms with Crippen LogP contribution in [0.4, 0.5) is 0 Å². The largest absolute Gasteiger partial charge is 0.350 e. The molecule has 1 aliphatic heterocycles. The first-order valence-electron chi connectivity index (χ1n) is 6.47. The highest BCUT2D eigenvalue weighted by Gasteiger charge is 2.33. The first kappa shape index (κ1) is 15.0. The van der Waals surface area contributed by atoms with Gasteiger partial charge in [-0.25, -0.2) is 0 Å². The average Bonchev–Trinajstić information content (AvgIpc) is 2.61. The molecule has 2 amide bonds. The van der Waals surface area contributed by atoms with Crippen LogP contribution in [0.15, 0.2) is 0 Å². The van der Waals surface area contributed by atoms with Crippen LogP contribution in [0.25, 0.3) is 0 Å². The third-order valence-corrected chi connectivity index (χ3v) is 2.95. The van der Waals surface area contributed by atoms with Gasteiger partial charge in [0.1, 0.15) is 0 Å². The molecule has 0 spiro atoms. The standard InChI is InChI=1S/C13H25N3O2/c1-13(2,3)14-11(17)9-16-8-6-7-10(16)12(18)15(4)5/h10H,6-9H2,1-5H3,(H,14,17). The zero-order chi connectivity index (χ0) is 13.9. The molecule has 1 N–H and O–H groups in total. The maximum Gasteiger partial charge on any atom is 0.239 e. The van der Waals surface area contributed by atoms with Crippen LogP contribution in [0.5, 0.6) is 0 Å². The molecule has 18 heavy (non-hydrogen) atoms. The van der Waals surface area contributed by atoms with Gasteiger partial charge in [-0.2, -0.15) is 0 Å². The van der Waals surface area contributed by atoms with Gasteiger partial charge in [0.15, 0.2) is 0 Å². The van der Waals surface area contributed by atoms with Gasteiger partial charge in [-0.3, -0.25) is 14.5 Å². The molecule has 0 aromatic heterocycles. The van der Waals surface area contributed by atoms with E-state index in [4.69, 9.17) is 0 Å². The number of hydrogen-bond donors (Lipinski definition) is 1. The highest BCUT2D eigenvalue weighted by atomic mass is 16.2. The van der Waals surface area contributed by atoms with Gasteiger partial charge in [-0.15, -0.1) is 0 Å². The minimum absolute atomic E-state index is 0.0130. The minimum atomic E-state index is -0.224. The van der Waals surface area contributed by atoms with Crippen molar-refractivity contribution in [3.8, 4) is 0 Å². The van der Waals surface area contributed by atoms with Crippen LogP contribution in [-0.4, -0.2) is 60.4 Å². The lowest BCUT2D eigenvalue weighted by molar-refractivity contribution is -0.134. The summed E-state index contributed by atoms with van der Waals surface area (Å²) in [6.45, 7) is 7.00. The van der Waals surface area contributed by atoms with E-state index in [1.807, 2.05) is 25.7 Å². The molecule has 1 heterocycles. The van der Waals surface area contributed by atoms with E-state index in [1.165, 1.54) is 0 Å². The van der Waals surface area contributed by atoms with E-state index in [2.05, 4.69) is 5.32 Å². The molecule has 0 aromatic carbocycles. The summed E-state index contributed by atoms with van der Waals surface area (Å²) in [5.41, 5.74) is -0.224. The first-order valence-corrected chi connectivity index (χ1v) is 6.47. The van der Waals surface area contributed by atoms with Crippen LogP contribution in [-0.2, 0) is 9.59 Å². The molecular formula is C13H25N3O2. The monoisotopic (exact) mass is 255 g/mol. The Morgan fingerprint density at radius 3 is 2.44 bits per heavy atom. The fourth-order valence-electron chi connectivity index (χ4n) is 2.24. The predicted molar refractivity (Wildman–Crippen MR) is 71.2 cm³/mol. The number of carbonyl (C=O) groups is 2. The van der Waals surface area contributed by atoms with Crippen molar-refractivity contribution in [3.63, 3.8) is 0 Å². The molecule has 5 heteroatoms. The maximum absolute atomic E-state index is 12.0. The van der Waals surface area contributed by atoms with Crippen LogP contribution >= 0.6 is 0 Å². The summed E-state index contributed by atoms with van der Waals surface area (Å²) in [6, 6.07) is -0.134. The zero-order valence-electron chi connectivity index (χ0n) is 12.1. The number of hydrogen-bond acceptors (Lipinski definition) is 3. The Morgan fingerprint density at radius 2 is 1.94 bits per heavy atom. The van der Waals surface area contributed by atoms with Gasteiger partial charge in [0.05, 0.1) is 12.6 Å². The number of likely N-dealkylation sites (tertiary alicyclic amines) is 1. The lowest BCUT2D eigenvalue weighted by atomic mass is 10.1. The molecule has 1 aliphatic rings. The van der Waals surface area contributed by atoms with Gasteiger partial charge in [-0.05, 0) is 40.2 Å². The van der Waals surface area contributed by atoms with E-state index in [0.29, 0.717) is 6.54 Å². The van der Waals surface area contributed by atoms with E-state index in [-0.39, 0.29) is 23.4 Å². The van der Waals surface area contributed by atoms with Crippen molar-refractivity contribution in [1.29, 1.82) is 0 Å². The molecule has 1 fully saturated rings. The number of amides is 2. The second-order valence-electron chi connectivity index (χ2n) is 6.16. The Kier molecular flexibility index (Phi) is 4.73. The normalized spacial score (nSPS) is 20.8. The molecule has 0 aromatic rings. The smallest absolute Gasteiger partial charge is 0.239 e.